The molecule has 3 aliphatic rings. The molecule has 0 radical (unpaired) electrons. The normalized spacial score (nSPS) is 20.0. The van der Waals surface area contributed by atoms with E-state index < -0.39 is 0 Å². The molecular formula is C23H30N4O3. The fraction of sp³-hybridized carbons (Fsp3) is 0.565. The first-order chi connectivity index (χ1) is 14.7. The monoisotopic (exact) mass is 410 g/mol. The summed E-state index contributed by atoms with van der Waals surface area (Å²) in [5, 5.41) is 7.95. The molecule has 7 nitrogen and oxygen atoms in total. The van der Waals surface area contributed by atoms with E-state index in [0.717, 1.165) is 75.3 Å². The van der Waals surface area contributed by atoms with Crippen molar-refractivity contribution in [2.24, 2.45) is 0 Å². The van der Waals surface area contributed by atoms with Gasteiger partial charge in [0.15, 0.2) is 5.69 Å². The van der Waals surface area contributed by atoms with Gasteiger partial charge in [-0.2, -0.15) is 5.10 Å². The largest absolute Gasteiger partial charge is 0.497 e. The molecule has 0 atom stereocenters. The fourth-order valence-corrected chi connectivity index (χ4v) is 4.61. The lowest BCUT2D eigenvalue weighted by atomic mass is 9.99. The summed E-state index contributed by atoms with van der Waals surface area (Å²) in [5.41, 5.74) is 4.04. The van der Waals surface area contributed by atoms with E-state index in [1.54, 1.807) is 7.11 Å². The lowest BCUT2D eigenvalue weighted by Gasteiger charge is -2.36. The third-order valence-corrected chi connectivity index (χ3v) is 6.46. The van der Waals surface area contributed by atoms with E-state index in [1.807, 2.05) is 22.9 Å². The summed E-state index contributed by atoms with van der Waals surface area (Å²) in [6.07, 6.45) is 5.20. The number of aromatic nitrogens is 2. The Hall–Kier alpha value is -2.38. The zero-order chi connectivity index (χ0) is 20.5. The minimum absolute atomic E-state index is 0.0213. The molecule has 1 saturated heterocycles. The molecule has 160 valence electrons. The van der Waals surface area contributed by atoms with Gasteiger partial charge in [0.25, 0.3) is 5.91 Å². The number of nitrogens with one attached hydrogen (secondary N) is 1. The molecule has 1 aliphatic carbocycles. The summed E-state index contributed by atoms with van der Waals surface area (Å²) in [4.78, 5) is 15.5. The van der Waals surface area contributed by atoms with Gasteiger partial charge in [-0.3, -0.25) is 14.4 Å². The summed E-state index contributed by atoms with van der Waals surface area (Å²) in [6, 6.07) is 8.92. The van der Waals surface area contributed by atoms with Crippen molar-refractivity contribution in [3.8, 4) is 5.75 Å². The Bertz CT molecular complexity index is 915. The lowest BCUT2D eigenvalue weighted by molar-refractivity contribution is 0.0286. The summed E-state index contributed by atoms with van der Waals surface area (Å²) in [5.74, 6) is 0.817. The van der Waals surface area contributed by atoms with Crippen molar-refractivity contribution in [3.63, 3.8) is 0 Å². The molecule has 2 fully saturated rings. The van der Waals surface area contributed by atoms with Gasteiger partial charge in [0.1, 0.15) is 5.75 Å². The van der Waals surface area contributed by atoms with Gasteiger partial charge in [-0.15, -0.1) is 0 Å². The summed E-state index contributed by atoms with van der Waals surface area (Å²) in [7, 11) is 1.68. The van der Waals surface area contributed by atoms with E-state index in [4.69, 9.17) is 14.6 Å². The number of nitrogens with zero attached hydrogens (tertiary/aromatic N) is 3. The molecule has 5 rings (SSSR count). The van der Waals surface area contributed by atoms with Crippen molar-refractivity contribution in [1.29, 1.82) is 0 Å². The summed E-state index contributed by atoms with van der Waals surface area (Å²) >= 11 is 0. The van der Waals surface area contributed by atoms with Crippen LogP contribution in [0.3, 0.4) is 0 Å². The molecule has 1 amide bonds. The molecule has 1 aromatic heterocycles. The molecule has 1 saturated carbocycles. The zero-order valence-corrected chi connectivity index (χ0v) is 17.6. The molecule has 0 spiro atoms. The number of benzene rings is 1. The molecule has 0 unspecified atom stereocenters. The van der Waals surface area contributed by atoms with Crippen molar-refractivity contribution in [2.75, 3.05) is 26.9 Å². The van der Waals surface area contributed by atoms with E-state index >= 15 is 0 Å². The van der Waals surface area contributed by atoms with E-state index in [1.165, 1.54) is 5.69 Å². The first-order valence-electron chi connectivity index (χ1n) is 11.1. The quantitative estimate of drug-likeness (QED) is 0.792. The molecular weight excluding hydrogens is 380 g/mol. The fourth-order valence-electron chi connectivity index (χ4n) is 4.61. The SMILES string of the molecule is COc1cccc(Cn2nc(C(=O)NC3CC3)c3c2CCN(C2CCOCC2)C3)c1. The Labute approximate surface area is 177 Å². The first-order valence-corrected chi connectivity index (χ1v) is 11.1. The number of hydrogen-bond acceptors (Lipinski definition) is 5. The topological polar surface area (TPSA) is 68.6 Å². The van der Waals surface area contributed by atoms with Crippen LogP contribution in [0.4, 0.5) is 0 Å². The highest BCUT2D eigenvalue weighted by molar-refractivity contribution is 5.94. The molecule has 1 N–H and O–H groups in total. The molecule has 3 heterocycles. The van der Waals surface area contributed by atoms with Crippen molar-refractivity contribution < 1.29 is 14.3 Å². The van der Waals surface area contributed by atoms with Crippen LogP contribution in [0.5, 0.6) is 5.75 Å². The van der Waals surface area contributed by atoms with Crippen LogP contribution < -0.4 is 10.1 Å². The number of carbonyl (C=O) groups is 1. The van der Waals surface area contributed by atoms with Crippen molar-refractivity contribution in [1.82, 2.24) is 20.0 Å². The van der Waals surface area contributed by atoms with Crippen molar-refractivity contribution >= 4 is 5.91 Å². The molecule has 1 aromatic carbocycles. The van der Waals surface area contributed by atoms with Gasteiger partial charge in [-0.05, 0) is 43.4 Å². The Morgan fingerprint density at radius 2 is 2.10 bits per heavy atom. The van der Waals surface area contributed by atoms with Crippen LogP contribution >= 0.6 is 0 Å². The highest BCUT2D eigenvalue weighted by atomic mass is 16.5. The maximum atomic E-state index is 13.0. The van der Waals surface area contributed by atoms with Crippen LogP contribution in [0.1, 0.15) is 53.0 Å². The van der Waals surface area contributed by atoms with E-state index in [2.05, 4.69) is 16.3 Å². The summed E-state index contributed by atoms with van der Waals surface area (Å²) in [6.45, 7) is 4.11. The van der Waals surface area contributed by atoms with Crippen LogP contribution in [0.15, 0.2) is 24.3 Å². The molecule has 2 aromatic rings. The number of ether oxygens (including phenoxy) is 2. The number of rotatable bonds is 6. The Morgan fingerprint density at radius 3 is 2.87 bits per heavy atom. The highest BCUT2D eigenvalue weighted by Gasteiger charge is 2.33. The van der Waals surface area contributed by atoms with Gasteiger partial charge in [-0.1, -0.05) is 12.1 Å². The third-order valence-electron chi connectivity index (χ3n) is 6.46. The Kier molecular flexibility index (Phi) is 5.48. The molecule has 7 heteroatoms. The van der Waals surface area contributed by atoms with Crippen LogP contribution in [-0.2, 0) is 24.2 Å². The second-order valence-electron chi connectivity index (χ2n) is 8.59. The molecule has 30 heavy (non-hydrogen) atoms. The van der Waals surface area contributed by atoms with Gasteiger partial charge >= 0.3 is 0 Å². The van der Waals surface area contributed by atoms with E-state index in [0.29, 0.717) is 24.3 Å². The van der Waals surface area contributed by atoms with Crippen LogP contribution in [0, 0.1) is 0 Å². The Morgan fingerprint density at radius 1 is 1.27 bits per heavy atom. The van der Waals surface area contributed by atoms with E-state index in [9.17, 15) is 4.79 Å². The molecule has 0 bridgehead atoms. The minimum Gasteiger partial charge on any atom is -0.497 e. The number of carbonyl (C=O) groups excluding carboxylic acids is 1. The van der Waals surface area contributed by atoms with Gasteiger partial charge in [0.2, 0.25) is 0 Å². The van der Waals surface area contributed by atoms with Gasteiger partial charge in [0.05, 0.1) is 13.7 Å². The minimum atomic E-state index is -0.0213. The second-order valence-corrected chi connectivity index (χ2v) is 8.59. The lowest BCUT2D eigenvalue weighted by Crippen LogP contribution is -2.43. The predicted molar refractivity (Wildman–Crippen MR) is 113 cm³/mol. The number of fused-ring (bicyclic) bond motifs is 1. The standard InChI is InChI=1S/C23H30N4O3/c1-29-19-4-2-3-16(13-19)14-27-21-7-10-26(18-8-11-30-12-9-18)15-20(21)22(25-27)23(28)24-17-5-6-17/h2-4,13,17-18H,5-12,14-15H2,1H3,(H,24,28). The maximum Gasteiger partial charge on any atom is 0.272 e. The number of hydrogen-bond donors (Lipinski definition) is 1. The van der Waals surface area contributed by atoms with Crippen LogP contribution in [-0.4, -0.2) is 59.5 Å². The third kappa shape index (κ3) is 4.09. The zero-order valence-electron chi connectivity index (χ0n) is 17.6. The van der Waals surface area contributed by atoms with Gasteiger partial charge < -0.3 is 14.8 Å². The van der Waals surface area contributed by atoms with Crippen molar-refractivity contribution in [2.45, 2.75) is 57.3 Å². The average molecular weight is 411 g/mol. The first kappa shape index (κ1) is 19.6. The maximum absolute atomic E-state index is 13.0. The smallest absolute Gasteiger partial charge is 0.272 e. The number of methoxy groups -OCH3 is 1. The van der Waals surface area contributed by atoms with Gasteiger partial charge in [0, 0.05) is 56.1 Å². The van der Waals surface area contributed by atoms with Crippen LogP contribution in [0.2, 0.25) is 0 Å². The van der Waals surface area contributed by atoms with E-state index in [-0.39, 0.29) is 5.91 Å². The Balaban J connectivity index is 1.43. The molecule has 2 aliphatic heterocycles. The van der Waals surface area contributed by atoms with Crippen LogP contribution in [0.25, 0.3) is 0 Å². The predicted octanol–water partition coefficient (Wildman–Crippen LogP) is 2.37. The van der Waals surface area contributed by atoms with Gasteiger partial charge in [-0.25, -0.2) is 0 Å². The second kappa shape index (κ2) is 8.40. The highest BCUT2D eigenvalue weighted by Crippen LogP contribution is 2.28. The van der Waals surface area contributed by atoms with Crippen molar-refractivity contribution in [3.05, 3.63) is 46.8 Å². The summed E-state index contributed by atoms with van der Waals surface area (Å²) < 4.78 is 12.9. The number of amides is 1. The average Bonchev–Trinajstić information content (AvgIpc) is 3.54.